The standard InChI is InChI=1S/C14H15NO4S/c1-18-10-19-8-7-15-13(16)9-12(20-15)14(17)11-5-3-2-4-6-11/h2-6,9H,7-8,10H2,1H3. The average Bonchev–Trinajstić information content (AvgIpc) is 2.85. The van der Waals surface area contributed by atoms with Gasteiger partial charge in [-0.2, -0.15) is 0 Å². The van der Waals surface area contributed by atoms with E-state index >= 15 is 0 Å². The first-order chi connectivity index (χ1) is 9.72. The van der Waals surface area contributed by atoms with Gasteiger partial charge in [-0.15, -0.1) is 0 Å². The largest absolute Gasteiger partial charge is 0.359 e. The van der Waals surface area contributed by atoms with Crippen LogP contribution >= 0.6 is 11.5 Å². The molecule has 6 heteroatoms. The number of carbonyl (C=O) groups is 1. The van der Waals surface area contributed by atoms with Crippen molar-refractivity contribution in [3.63, 3.8) is 0 Å². The van der Waals surface area contributed by atoms with E-state index in [-0.39, 0.29) is 18.1 Å². The summed E-state index contributed by atoms with van der Waals surface area (Å²) in [5.74, 6) is -0.135. The van der Waals surface area contributed by atoms with Crippen LogP contribution < -0.4 is 5.56 Å². The molecule has 0 aliphatic heterocycles. The van der Waals surface area contributed by atoms with Crippen molar-refractivity contribution in [2.45, 2.75) is 6.54 Å². The van der Waals surface area contributed by atoms with Gasteiger partial charge in [-0.05, 0) is 0 Å². The van der Waals surface area contributed by atoms with Crippen LogP contribution in [0.15, 0.2) is 41.2 Å². The Morgan fingerprint density at radius 3 is 2.75 bits per heavy atom. The van der Waals surface area contributed by atoms with Gasteiger partial charge in [0.1, 0.15) is 6.79 Å². The second-order valence-corrected chi connectivity index (χ2v) is 5.11. The van der Waals surface area contributed by atoms with Gasteiger partial charge in [-0.3, -0.25) is 13.5 Å². The van der Waals surface area contributed by atoms with Gasteiger partial charge in [0.15, 0.2) is 0 Å². The topological polar surface area (TPSA) is 57.5 Å². The number of methoxy groups -OCH3 is 1. The van der Waals surface area contributed by atoms with Gasteiger partial charge in [-0.1, -0.05) is 41.9 Å². The monoisotopic (exact) mass is 293 g/mol. The molecule has 0 saturated carbocycles. The minimum absolute atomic E-state index is 0.135. The smallest absolute Gasteiger partial charge is 0.261 e. The summed E-state index contributed by atoms with van der Waals surface area (Å²) in [4.78, 5) is 24.4. The molecule has 0 aliphatic carbocycles. The van der Waals surface area contributed by atoms with Crippen molar-refractivity contribution in [3.8, 4) is 0 Å². The lowest BCUT2D eigenvalue weighted by Crippen LogP contribution is -2.15. The van der Waals surface area contributed by atoms with E-state index in [1.165, 1.54) is 17.1 Å². The number of carbonyl (C=O) groups excluding carboxylic acids is 1. The van der Waals surface area contributed by atoms with Crippen LogP contribution in [0.2, 0.25) is 0 Å². The van der Waals surface area contributed by atoms with Gasteiger partial charge in [0.2, 0.25) is 5.78 Å². The van der Waals surface area contributed by atoms with Crippen molar-refractivity contribution in [2.24, 2.45) is 0 Å². The molecular weight excluding hydrogens is 278 g/mol. The van der Waals surface area contributed by atoms with Crippen LogP contribution in [0.25, 0.3) is 0 Å². The highest BCUT2D eigenvalue weighted by Crippen LogP contribution is 2.12. The lowest BCUT2D eigenvalue weighted by molar-refractivity contribution is -0.0325. The molecule has 2 rings (SSSR count). The summed E-state index contributed by atoms with van der Waals surface area (Å²) in [7, 11) is 1.54. The summed E-state index contributed by atoms with van der Waals surface area (Å²) in [6.07, 6.45) is 0. The zero-order chi connectivity index (χ0) is 14.4. The molecule has 0 radical (unpaired) electrons. The minimum Gasteiger partial charge on any atom is -0.359 e. The zero-order valence-corrected chi connectivity index (χ0v) is 11.9. The molecule has 0 saturated heterocycles. The number of benzene rings is 1. The van der Waals surface area contributed by atoms with E-state index in [4.69, 9.17) is 9.47 Å². The van der Waals surface area contributed by atoms with Gasteiger partial charge in [0, 0.05) is 18.7 Å². The maximum Gasteiger partial charge on any atom is 0.261 e. The summed E-state index contributed by atoms with van der Waals surface area (Å²) >= 11 is 1.15. The summed E-state index contributed by atoms with van der Waals surface area (Å²) in [6.45, 7) is 0.970. The number of rotatable bonds is 7. The molecule has 5 nitrogen and oxygen atoms in total. The molecule has 0 amide bonds. The van der Waals surface area contributed by atoms with Crippen LogP contribution in [0.5, 0.6) is 0 Å². The van der Waals surface area contributed by atoms with Crippen molar-refractivity contribution in [3.05, 3.63) is 57.2 Å². The second kappa shape index (κ2) is 7.14. The summed E-state index contributed by atoms with van der Waals surface area (Å²) in [5.41, 5.74) is 0.395. The molecular formula is C14H15NO4S. The molecule has 0 bridgehead atoms. The van der Waals surface area contributed by atoms with E-state index < -0.39 is 0 Å². The molecule has 0 unspecified atom stereocenters. The van der Waals surface area contributed by atoms with Gasteiger partial charge in [-0.25, -0.2) is 0 Å². The molecule has 1 aromatic carbocycles. The van der Waals surface area contributed by atoms with Crippen LogP contribution in [-0.2, 0) is 16.0 Å². The SMILES string of the molecule is COCOCCn1sc(C(=O)c2ccccc2)cc1=O. The minimum atomic E-state index is -0.185. The maximum atomic E-state index is 12.2. The van der Waals surface area contributed by atoms with Gasteiger partial charge >= 0.3 is 0 Å². The van der Waals surface area contributed by atoms with Crippen LogP contribution in [0.4, 0.5) is 0 Å². The molecule has 0 spiro atoms. The highest BCUT2D eigenvalue weighted by atomic mass is 32.1. The van der Waals surface area contributed by atoms with Crippen LogP contribution in [0.1, 0.15) is 15.2 Å². The van der Waals surface area contributed by atoms with E-state index in [9.17, 15) is 9.59 Å². The van der Waals surface area contributed by atoms with Gasteiger partial charge in [0.25, 0.3) is 5.56 Å². The number of hydrogen-bond donors (Lipinski definition) is 0. The Kier molecular flexibility index (Phi) is 5.23. The van der Waals surface area contributed by atoms with E-state index in [0.717, 1.165) is 11.5 Å². The molecule has 0 N–H and O–H groups in total. The maximum absolute atomic E-state index is 12.2. The van der Waals surface area contributed by atoms with Crippen molar-refractivity contribution in [1.29, 1.82) is 0 Å². The highest BCUT2D eigenvalue weighted by Gasteiger charge is 2.13. The van der Waals surface area contributed by atoms with Crippen LogP contribution in [-0.4, -0.2) is 30.2 Å². The van der Waals surface area contributed by atoms with Crippen molar-refractivity contribution >= 4 is 17.3 Å². The quantitative estimate of drug-likeness (QED) is 0.443. The van der Waals surface area contributed by atoms with E-state index in [0.29, 0.717) is 23.6 Å². The van der Waals surface area contributed by atoms with E-state index in [2.05, 4.69) is 0 Å². The highest BCUT2D eigenvalue weighted by molar-refractivity contribution is 7.08. The Balaban J connectivity index is 2.07. The third kappa shape index (κ3) is 3.63. The van der Waals surface area contributed by atoms with Crippen LogP contribution in [0, 0.1) is 0 Å². The third-order valence-electron chi connectivity index (χ3n) is 2.61. The normalized spacial score (nSPS) is 10.7. The molecule has 1 aromatic heterocycles. The second-order valence-electron chi connectivity index (χ2n) is 4.05. The van der Waals surface area contributed by atoms with E-state index in [1.54, 1.807) is 24.3 Å². The Labute approximate surface area is 120 Å². The Bertz CT molecular complexity index is 618. The first kappa shape index (κ1) is 14.6. The van der Waals surface area contributed by atoms with Crippen molar-refractivity contribution in [2.75, 3.05) is 20.5 Å². The first-order valence-electron chi connectivity index (χ1n) is 6.10. The Morgan fingerprint density at radius 1 is 1.30 bits per heavy atom. The number of ketones is 1. The average molecular weight is 293 g/mol. The fourth-order valence-electron chi connectivity index (χ4n) is 1.66. The van der Waals surface area contributed by atoms with Crippen molar-refractivity contribution in [1.82, 2.24) is 3.96 Å². The number of ether oxygens (including phenoxy) is 2. The van der Waals surface area contributed by atoms with Gasteiger partial charge in [0.05, 0.1) is 18.0 Å². The Hall–Kier alpha value is -1.76. The lowest BCUT2D eigenvalue weighted by Gasteiger charge is -2.02. The van der Waals surface area contributed by atoms with E-state index in [1.807, 2.05) is 6.07 Å². The summed E-state index contributed by atoms with van der Waals surface area (Å²) in [5, 5.41) is 0. The summed E-state index contributed by atoms with van der Waals surface area (Å²) < 4.78 is 11.4. The molecule has 2 aromatic rings. The Morgan fingerprint density at radius 2 is 2.05 bits per heavy atom. The number of nitrogens with zero attached hydrogens (tertiary/aromatic N) is 1. The number of hydrogen-bond acceptors (Lipinski definition) is 5. The molecule has 1 heterocycles. The van der Waals surface area contributed by atoms with Crippen molar-refractivity contribution < 1.29 is 14.3 Å². The lowest BCUT2D eigenvalue weighted by atomic mass is 10.1. The molecule has 0 aliphatic rings. The van der Waals surface area contributed by atoms with Crippen LogP contribution in [0.3, 0.4) is 0 Å². The fraction of sp³-hybridized carbons (Fsp3) is 0.286. The first-order valence-corrected chi connectivity index (χ1v) is 6.87. The number of aromatic nitrogens is 1. The predicted molar refractivity (Wildman–Crippen MR) is 76.3 cm³/mol. The molecule has 106 valence electrons. The van der Waals surface area contributed by atoms with Gasteiger partial charge < -0.3 is 9.47 Å². The fourth-order valence-corrected chi connectivity index (χ4v) is 2.56. The summed E-state index contributed by atoms with van der Waals surface area (Å²) in [6, 6.07) is 10.3. The zero-order valence-electron chi connectivity index (χ0n) is 11.1. The third-order valence-corrected chi connectivity index (χ3v) is 3.69. The molecule has 0 fully saturated rings. The predicted octanol–water partition coefficient (Wildman–Crippen LogP) is 1.76. The molecule has 20 heavy (non-hydrogen) atoms. The molecule has 0 atom stereocenters.